The maximum Gasteiger partial charge on any atom is 0.254 e. The van der Waals surface area contributed by atoms with E-state index in [4.69, 9.17) is 13.9 Å². The lowest BCUT2D eigenvalue weighted by molar-refractivity contribution is -0.162. The average Bonchev–Trinajstić information content (AvgIpc) is 2.87. The third kappa shape index (κ3) is 4.99. The SMILES string of the molecule is CN(C)C(=O)[C@H]1OC(C)(C)O[C@@H]1[C@@H](O[Si](C)(C)C(C)(C)C)c1ccccc1. The quantitative estimate of drug-likeness (QED) is 0.698. The Morgan fingerprint density at radius 1 is 1.15 bits per heavy atom. The summed E-state index contributed by atoms with van der Waals surface area (Å²) in [5, 5.41) is 0.0378. The van der Waals surface area contributed by atoms with Gasteiger partial charge in [-0.25, -0.2) is 0 Å². The number of rotatable bonds is 5. The summed E-state index contributed by atoms with van der Waals surface area (Å²) in [7, 11) is 1.36. The molecule has 0 aliphatic carbocycles. The minimum atomic E-state index is -2.12. The summed E-state index contributed by atoms with van der Waals surface area (Å²) in [4.78, 5) is 14.4. The van der Waals surface area contributed by atoms with Crippen molar-refractivity contribution in [2.24, 2.45) is 0 Å². The Labute approximate surface area is 165 Å². The van der Waals surface area contributed by atoms with Gasteiger partial charge in [0.15, 0.2) is 20.2 Å². The number of hydrogen-bond donors (Lipinski definition) is 0. The molecule has 0 N–H and O–H groups in total. The van der Waals surface area contributed by atoms with Crippen molar-refractivity contribution in [3.8, 4) is 0 Å². The molecule has 1 aromatic rings. The molecule has 0 spiro atoms. The first-order chi connectivity index (χ1) is 12.3. The zero-order valence-electron chi connectivity index (χ0n) is 18.2. The second kappa shape index (κ2) is 7.66. The van der Waals surface area contributed by atoms with Crippen LogP contribution in [0.25, 0.3) is 0 Å². The molecule has 5 nitrogen and oxygen atoms in total. The predicted octanol–water partition coefficient (Wildman–Crippen LogP) is 4.36. The largest absolute Gasteiger partial charge is 0.407 e. The summed E-state index contributed by atoms with van der Waals surface area (Å²) in [5.41, 5.74) is 1.00. The second-order valence-electron chi connectivity index (χ2n) is 9.46. The molecule has 1 aromatic carbocycles. The average molecular weight is 394 g/mol. The summed E-state index contributed by atoms with van der Waals surface area (Å²) in [6.45, 7) is 14.7. The Balaban J connectivity index is 2.47. The van der Waals surface area contributed by atoms with Crippen molar-refractivity contribution in [2.45, 2.75) is 76.8 Å². The molecule has 27 heavy (non-hydrogen) atoms. The number of nitrogens with zero attached hydrogens (tertiary/aromatic N) is 1. The van der Waals surface area contributed by atoms with Crippen LogP contribution in [0.4, 0.5) is 0 Å². The first-order valence-corrected chi connectivity index (χ1v) is 12.5. The monoisotopic (exact) mass is 393 g/mol. The Hall–Kier alpha value is -1.21. The number of likely N-dealkylation sites (N-methyl/N-ethyl adjacent to an activating group) is 1. The molecule has 0 bridgehead atoms. The van der Waals surface area contributed by atoms with Gasteiger partial charge in [0, 0.05) is 14.1 Å². The van der Waals surface area contributed by atoms with Gasteiger partial charge in [-0.15, -0.1) is 0 Å². The Bertz CT molecular complexity index is 652. The molecular weight excluding hydrogens is 358 g/mol. The summed E-state index contributed by atoms with van der Waals surface area (Å²) >= 11 is 0. The van der Waals surface area contributed by atoms with Crippen LogP contribution in [0.5, 0.6) is 0 Å². The maximum absolute atomic E-state index is 12.8. The Kier molecular flexibility index (Phi) is 6.26. The molecule has 1 fully saturated rings. The summed E-state index contributed by atoms with van der Waals surface area (Å²) in [6, 6.07) is 10.0. The smallest absolute Gasteiger partial charge is 0.254 e. The lowest BCUT2D eigenvalue weighted by Crippen LogP contribution is -2.48. The third-order valence-corrected chi connectivity index (χ3v) is 9.92. The van der Waals surface area contributed by atoms with E-state index in [1.54, 1.807) is 19.0 Å². The minimum Gasteiger partial charge on any atom is -0.407 e. The van der Waals surface area contributed by atoms with E-state index in [2.05, 4.69) is 33.9 Å². The van der Waals surface area contributed by atoms with Crippen molar-refractivity contribution in [2.75, 3.05) is 14.1 Å². The van der Waals surface area contributed by atoms with Gasteiger partial charge in [0.1, 0.15) is 6.10 Å². The second-order valence-corrected chi connectivity index (χ2v) is 14.2. The Morgan fingerprint density at radius 3 is 2.19 bits per heavy atom. The van der Waals surface area contributed by atoms with Crippen LogP contribution >= 0.6 is 0 Å². The number of benzene rings is 1. The van der Waals surface area contributed by atoms with E-state index in [1.807, 2.05) is 44.2 Å². The third-order valence-electron chi connectivity index (χ3n) is 5.47. The van der Waals surface area contributed by atoms with Crippen molar-refractivity contribution in [1.29, 1.82) is 0 Å². The molecule has 0 saturated carbocycles. The highest BCUT2D eigenvalue weighted by Gasteiger charge is 2.52. The van der Waals surface area contributed by atoms with Crippen LogP contribution in [-0.2, 0) is 18.7 Å². The van der Waals surface area contributed by atoms with Crippen LogP contribution < -0.4 is 0 Å². The van der Waals surface area contributed by atoms with Crippen LogP contribution in [0.15, 0.2) is 30.3 Å². The lowest BCUT2D eigenvalue weighted by atomic mass is 10.00. The van der Waals surface area contributed by atoms with E-state index in [9.17, 15) is 4.79 Å². The van der Waals surface area contributed by atoms with E-state index < -0.39 is 26.3 Å². The number of amides is 1. The van der Waals surface area contributed by atoms with E-state index in [-0.39, 0.29) is 17.0 Å². The summed E-state index contributed by atoms with van der Waals surface area (Å²) in [5.74, 6) is -0.949. The van der Waals surface area contributed by atoms with E-state index in [1.165, 1.54) is 0 Å². The van der Waals surface area contributed by atoms with Gasteiger partial charge in [-0.2, -0.15) is 0 Å². The highest BCUT2D eigenvalue weighted by Crippen LogP contribution is 2.44. The Morgan fingerprint density at radius 2 is 1.70 bits per heavy atom. The van der Waals surface area contributed by atoms with Crippen LogP contribution in [0.3, 0.4) is 0 Å². The standard InChI is InChI=1S/C21H35NO4Si/c1-20(2,3)27(8,9)26-16(15-13-11-10-12-14-15)17-18(19(23)22(6)7)25-21(4,5)24-17/h10-14,16-18H,1-9H3/t16-,17+,18-/m0/s1. The van der Waals surface area contributed by atoms with Crippen molar-refractivity contribution < 1.29 is 18.7 Å². The molecule has 0 radical (unpaired) electrons. The summed E-state index contributed by atoms with van der Waals surface area (Å²) in [6.07, 6.45) is -1.58. The van der Waals surface area contributed by atoms with Crippen molar-refractivity contribution >= 4 is 14.2 Å². The van der Waals surface area contributed by atoms with Gasteiger partial charge >= 0.3 is 0 Å². The van der Waals surface area contributed by atoms with Gasteiger partial charge in [-0.3, -0.25) is 4.79 Å². The van der Waals surface area contributed by atoms with Gasteiger partial charge in [-0.1, -0.05) is 51.1 Å². The molecule has 2 rings (SSSR count). The molecule has 1 heterocycles. The van der Waals surface area contributed by atoms with Gasteiger partial charge in [-0.05, 0) is 37.5 Å². The highest BCUT2D eigenvalue weighted by molar-refractivity contribution is 6.74. The molecule has 1 aliphatic rings. The van der Waals surface area contributed by atoms with Crippen LogP contribution in [0.2, 0.25) is 18.1 Å². The molecule has 152 valence electrons. The fourth-order valence-corrected chi connectivity index (χ4v) is 4.18. The first kappa shape index (κ1) is 22.1. The molecule has 3 atom stereocenters. The molecule has 1 saturated heterocycles. The van der Waals surface area contributed by atoms with Gasteiger partial charge in [0.2, 0.25) is 0 Å². The van der Waals surface area contributed by atoms with Gasteiger partial charge in [0.25, 0.3) is 5.91 Å². The maximum atomic E-state index is 12.8. The van der Waals surface area contributed by atoms with E-state index in [0.29, 0.717) is 0 Å². The molecule has 1 amide bonds. The molecule has 1 aliphatic heterocycles. The van der Waals surface area contributed by atoms with Gasteiger partial charge in [0.05, 0.1) is 6.10 Å². The normalized spacial score (nSPS) is 23.9. The van der Waals surface area contributed by atoms with E-state index >= 15 is 0 Å². The highest BCUT2D eigenvalue weighted by atomic mass is 28.4. The van der Waals surface area contributed by atoms with Crippen LogP contribution in [0, 0.1) is 0 Å². The summed E-state index contributed by atoms with van der Waals surface area (Å²) < 4.78 is 19.0. The van der Waals surface area contributed by atoms with Crippen LogP contribution in [-0.4, -0.2) is 51.2 Å². The number of carbonyl (C=O) groups is 1. The van der Waals surface area contributed by atoms with Crippen molar-refractivity contribution in [1.82, 2.24) is 4.90 Å². The van der Waals surface area contributed by atoms with Crippen molar-refractivity contribution in [3.63, 3.8) is 0 Å². The zero-order chi connectivity index (χ0) is 20.6. The first-order valence-electron chi connectivity index (χ1n) is 9.55. The molecule has 0 aromatic heterocycles. The lowest BCUT2D eigenvalue weighted by Gasteiger charge is -2.41. The molecule has 6 heteroatoms. The van der Waals surface area contributed by atoms with E-state index in [0.717, 1.165) is 5.56 Å². The van der Waals surface area contributed by atoms with Gasteiger partial charge < -0.3 is 18.8 Å². The molecule has 0 unspecified atom stereocenters. The van der Waals surface area contributed by atoms with Crippen molar-refractivity contribution in [3.05, 3.63) is 35.9 Å². The minimum absolute atomic E-state index is 0.0378. The zero-order valence-corrected chi connectivity index (χ0v) is 19.2. The van der Waals surface area contributed by atoms with Crippen LogP contribution in [0.1, 0.15) is 46.3 Å². The fourth-order valence-electron chi connectivity index (χ4n) is 2.92. The number of hydrogen-bond acceptors (Lipinski definition) is 4. The predicted molar refractivity (Wildman–Crippen MR) is 110 cm³/mol. The fraction of sp³-hybridized carbons (Fsp3) is 0.667. The molecular formula is C21H35NO4Si. The number of ether oxygens (including phenoxy) is 2. The topological polar surface area (TPSA) is 48.0 Å². The number of carbonyl (C=O) groups excluding carboxylic acids is 1.